The SMILES string of the molecule is COc1ccc2c(Cl)cc3oc(C)c(C(=O)Nc4ccc(Cl)cc4)c3c2c1. The number of benzene rings is 3. The number of carbonyl (C=O) groups excluding carboxylic acids is 1. The summed E-state index contributed by atoms with van der Waals surface area (Å²) >= 11 is 12.3. The van der Waals surface area contributed by atoms with Crippen LogP contribution in [0, 0.1) is 6.92 Å². The maximum atomic E-state index is 13.0. The van der Waals surface area contributed by atoms with Gasteiger partial charge in [-0.3, -0.25) is 4.79 Å². The van der Waals surface area contributed by atoms with Crippen LogP contribution in [0.5, 0.6) is 5.75 Å². The van der Waals surface area contributed by atoms with Crippen molar-refractivity contribution in [3.63, 3.8) is 0 Å². The average Bonchev–Trinajstić information content (AvgIpc) is 2.99. The van der Waals surface area contributed by atoms with Gasteiger partial charge in [0, 0.05) is 27.5 Å². The number of methoxy groups -OCH3 is 1. The standard InChI is InChI=1S/C21H15Cl2NO3/c1-11-19(21(25)24-13-5-3-12(22)4-6-13)20-16-9-14(26-2)7-8-15(16)17(23)10-18(20)27-11/h3-10H,1-2H3,(H,24,25). The average molecular weight is 400 g/mol. The number of amides is 1. The summed E-state index contributed by atoms with van der Waals surface area (Å²) in [5, 5.41) is 6.38. The highest BCUT2D eigenvalue weighted by atomic mass is 35.5. The number of anilines is 1. The Hall–Kier alpha value is -2.69. The Labute approximate surface area is 165 Å². The Morgan fingerprint density at radius 1 is 1.04 bits per heavy atom. The van der Waals surface area contributed by atoms with Crippen LogP contribution < -0.4 is 10.1 Å². The van der Waals surface area contributed by atoms with E-state index in [0.717, 1.165) is 10.8 Å². The van der Waals surface area contributed by atoms with Gasteiger partial charge in [0.15, 0.2) is 0 Å². The molecule has 4 rings (SSSR count). The van der Waals surface area contributed by atoms with E-state index in [4.69, 9.17) is 32.4 Å². The smallest absolute Gasteiger partial charge is 0.259 e. The van der Waals surface area contributed by atoms with Crippen molar-refractivity contribution in [2.75, 3.05) is 12.4 Å². The van der Waals surface area contributed by atoms with Gasteiger partial charge < -0.3 is 14.5 Å². The first-order valence-electron chi connectivity index (χ1n) is 8.24. The van der Waals surface area contributed by atoms with Crippen molar-refractivity contribution in [2.45, 2.75) is 6.92 Å². The minimum Gasteiger partial charge on any atom is -0.497 e. The lowest BCUT2D eigenvalue weighted by molar-refractivity contribution is 0.102. The molecule has 0 atom stereocenters. The molecule has 1 heterocycles. The normalized spacial score (nSPS) is 11.1. The van der Waals surface area contributed by atoms with Gasteiger partial charge in [-0.15, -0.1) is 0 Å². The number of carbonyl (C=O) groups is 1. The number of furan rings is 1. The molecule has 0 fully saturated rings. The van der Waals surface area contributed by atoms with Crippen molar-refractivity contribution in [1.29, 1.82) is 0 Å². The molecule has 0 saturated heterocycles. The third kappa shape index (κ3) is 3.11. The summed E-state index contributed by atoms with van der Waals surface area (Å²) in [5.74, 6) is 0.928. The third-order valence-corrected chi connectivity index (χ3v) is 5.02. The fraction of sp³-hybridized carbons (Fsp3) is 0.0952. The van der Waals surface area contributed by atoms with Gasteiger partial charge in [0.25, 0.3) is 5.91 Å². The highest BCUT2D eigenvalue weighted by Crippen LogP contribution is 2.38. The van der Waals surface area contributed by atoms with Crippen LogP contribution in [0.3, 0.4) is 0 Å². The maximum Gasteiger partial charge on any atom is 0.259 e. The molecule has 27 heavy (non-hydrogen) atoms. The number of rotatable bonds is 3. The zero-order chi connectivity index (χ0) is 19.1. The van der Waals surface area contributed by atoms with Gasteiger partial charge in [-0.1, -0.05) is 23.2 Å². The van der Waals surface area contributed by atoms with Gasteiger partial charge in [0.1, 0.15) is 17.1 Å². The van der Waals surface area contributed by atoms with Gasteiger partial charge in [-0.05, 0) is 54.8 Å². The first-order chi connectivity index (χ1) is 13.0. The van der Waals surface area contributed by atoms with Crippen molar-refractivity contribution >= 4 is 56.5 Å². The minimum atomic E-state index is -0.264. The van der Waals surface area contributed by atoms with Gasteiger partial charge in [-0.25, -0.2) is 0 Å². The first-order valence-corrected chi connectivity index (χ1v) is 9.00. The molecule has 6 heteroatoms. The van der Waals surface area contributed by atoms with Crippen molar-refractivity contribution in [2.24, 2.45) is 0 Å². The van der Waals surface area contributed by atoms with Gasteiger partial charge in [0.05, 0.1) is 17.7 Å². The predicted molar refractivity (Wildman–Crippen MR) is 109 cm³/mol. The lowest BCUT2D eigenvalue weighted by Gasteiger charge is -2.08. The van der Waals surface area contributed by atoms with E-state index in [-0.39, 0.29) is 5.91 Å². The highest BCUT2D eigenvalue weighted by molar-refractivity contribution is 6.38. The van der Waals surface area contributed by atoms with Gasteiger partial charge in [0.2, 0.25) is 0 Å². The van der Waals surface area contributed by atoms with Gasteiger partial charge in [-0.2, -0.15) is 0 Å². The quantitative estimate of drug-likeness (QED) is 0.429. The molecule has 3 aromatic carbocycles. The van der Waals surface area contributed by atoms with Crippen molar-refractivity contribution < 1.29 is 13.9 Å². The van der Waals surface area contributed by atoms with E-state index in [9.17, 15) is 4.79 Å². The fourth-order valence-electron chi connectivity index (χ4n) is 3.19. The van der Waals surface area contributed by atoms with Crippen LogP contribution in [0.25, 0.3) is 21.7 Å². The molecule has 0 bridgehead atoms. The summed E-state index contributed by atoms with van der Waals surface area (Å²) in [6, 6.07) is 14.2. The first kappa shape index (κ1) is 17.7. The Morgan fingerprint density at radius 3 is 2.48 bits per heavy atom. The van der Waals surface area contributed by atoms with E-state index in [2.05, 4.69) is 5.32 Å². The van der Waals surface area contributed by atoms with Crippen LogP contribution in [0.15, 0.2) is 52.9 Å². The number of aryl methyl sites for hydroxylation is 1. The maximum absolute atomic E-state index is 13.0. The summed E-state index contributed by atoms with van der Waals surface area (Å²) in [5.41, 5.74) is 1.67. The van der Waals surface area contributed by atoms with Crippen LogP contribution in [0.1, 0.15) is 16.1 Å². The second-order valence-electron chi connectivity index (χ2n) is 6.14. The number of hydrogen-bond donors (Lipinski definition) is 1. The molecule has 136 valence electrons. The van der Waals surface area contributed by atoms with Crippen LogP contribution in [-0.2, 0) is 0 Å². The third-order valence-electron chi connectivity index (χ3n) is 4.45. The van der Waals surface area contributed by atoms with E-state index >= 15 is 0 Å². The largest absolute Gasteiger partial charge is 0.497 e. The zero-order valence-corrected chi connectivity index (χ0v) is 16.1. The molecule has 1 N–H and O–H groups in total. The molecule has 1 amide bonds. The van der Waals surface area contributed by atoms with E-state index in [0.29, 0.717) is 43.8 Å². The van der Waals surface area contributed by atoms with E-state index in [1.54, 1.807) is 44.4 Å². The molecule has 0 saturated carbocycles. The molecule has 1 aromatic heterocycles. The minimum absolute atomic E-state index is 0.264. The highest BCUT2D eigenvalue weighted by Gasteiger charge is 2.22. The fourth-order valence-corrected chi connectivity index (χ4v) is 3.58. The van der Waals surface area contributed by atoms with Crippen molar-refractivity contribution in [3.05, 3.63) is 69.9 Å². The molecule has 4 aromatic rings. The lowest BCUT2D eigenvalue weighted by Crippen LogP contribution is -2.12. The Bertz CT molecular complexity index is 1180. The van der Waals surface area contributed by atoms with Gasteiger partial charge >= 0.3 is 0 Å². The number of ether oxygens (including phenoxy) is 1. The van der Waals surface area contributed by atoms with Crippen LogP contribution >= 0.6 is 23.2 Å². The topological polar surface area (TPSA) is 51.5 Å². The molecule has 4 nitrogen and oxygen atoms in total. The van der Waals surface area contributed by atoms with Crippen molar-refractivity contribution in [1.82, 2.24) is 0 Å². The molecule has 0 unspecified atom stereocenters. The molecule has 0 aliphatic rings. The van der Waals surface area contributed by atoms with E-state index < -0.39 is 0 Å². The predicted octanol–water partition coefficient (Wildman–Crippen LogP) is 6.46. The van der Waals surface area contributed by atoms with E-state index in [1.807, 2.05) is 18.2 Å². The summed E-state index contributed by atoms with van der Waals surface area (Å²) in [6.07, 6.45) is 0. The monoisotopic (exact) mass is 399 g/mol. The van der Waals surface area contributed by atoms with E-state index in [1.165, 1.54) is 0 Å². The molecular weight excluding hydrogens is 385 g/mol. The Kier molecular flexibility index (Phi) is 4.46. The van der Waals surface area contributed by atoms with Crippen LogP contribution in [-0.4, -0.2) is 13.0 Å². The molecule has 0 aliphatic carbocycles. The molecule has 0 aliphatic heterocycles. The zero-order valence-electron chi connectivity index (χ0n) is 14.6. The van der Waals surface area contributed by atoms with Crippen LogP contribution in [0.4, 0.5) is 5.69 Å². The number of halogens is 2. The molecule has 0 spiro atoms. The lowest BCUT2D eigenvalue weighted by atomic mass is 10.0. The van der Waals surface area contributed by atoms with Crippen LogP contribution in [0.2, 0.25) is 10.0 Å². The second kappa shape index (κ2) is 6.80. The number of fused-ring (bicyclic) bond motifs is 3. The summed E-state index contributed by atoms with van der Waals surface area (Å²) in [4.78, 5) is 13.0. The summed E-state index contributed by atoms with van der Waals surface area (Å²) < 4.78 is 11.2. The summed E-state index contributed by atoms with van der Waals surface area (Å²) in [7, 11) is 1.59. The summed E-state index contributed by atoms with van der Waals surface area (Å²) in [6.45, 7) is 1.76. The molecule has 0 radical (unpaired) electrons. The number of nitrogens with one attached hydrogen (secondary N) is 1. The van der Waals surface area contributed by atoms with Crippen molar-refractivity contribution in [3.8, 4) is 5.75 Å². The second-order valence-corrected chi connectivity index (χ2v) is 6.98. The Balaban J connectivity index is 1.91. The Morgan fingerprint density at radius 2 is 1.78 bits per heavy atom. The number of hydrogen-bond acceptors (Lipinski definition) is 3. The molecular formula is C21H15Cl2NO3.